The second-order valence-corrected chi connectivity index (χ2v) is 5.14. The van der Waals surface area contributed by atoms with Crippen LogP contribution in [0, 0.1) is 0 Å². The van der Waals surface area contributed by atoms with E-state index in [1.54, 1.807) is 24.2 Å². The molecule has 1 heterocycles. The summed E-state index contributed by atoms with van der Waals surface area (Å²) in [6.07, 6.45) is 3.70. The van der Waals surface area contributed by atoms with Crippen LogP contribution in [0.1, 0.15) is 6.42 Å². The Kier molecular flexibility index (Phi) is 4.66. The van der Waals surface area contributed by atoms with Crippen LogP contribution in [0.25, 0.3) is 0 Å². The normalized spacial score (nSPS) is 10.3. The fourth-order valence-corrected chi connectivity index (χ4v) is 2.30. The maximum absolute atomic E-state index is 11.5. The van der Waals surface area contributed by atoms with Gasteiger partial charge in [0.25, 0.3) is 0 Å². The lowest BCUT2D eigenvalue weighted by Crippen LogP contribution is -2.13. The Hall–Kier alpha value is -1.46. The number of aromatic nitrogens is 2. The topological polar surface area (TPSA) is 57.8 Å². The van der Waals surface area contributed by atoms with Crippen LogP contribution in [0.15, 0.2) is 41.6 Å². The number of nitrogens with one attached hydrogen (secondary N) is 2. The number of benzene rings is 1. The van der Waals surface area contributed by atoms with Crippen LogP contribution in [0.4, 0.5) is 5.95 Å². The van der Waals surface area contributed by atoms with Gasteiger partial charge >= 0.3 is 0 Å². The van der Waals surface area contributed by atoms with E-state index in [0.29, 0.717) is 18.1 Å². The van der Waals surface area contributed by atoms with Crippen LogP contribution >= 0.6 is 23.4 Å². The standard InChI is InChI=1S/C12H12ClN3OS/c13-9-1-3-10(4-2-9)18-8-5-11(17)16-12-14-6-7-15-12/h1-4,6-7H,5,8H2,(H2,14,15,16,17). The zero-order valence-electron chi connectivity index (χ0n) is 9.52. The third kappa shape index (κ3) is 4.09. The molecule has 4 nitrogen and oxygen atoms in total. The van der Waals surface area contributed by atoms with Crippen molar-refractivity contribution in [3.05, 3.63) is 41.7 Å². The van der Waals surface area contributed by atoms with Crippen molar-refractivity contribution in [3.8, 4) is 0 Å². The number of thioether (sulfide) groups is 1. The summed E-state index contributed by atoms with van der Waals surface area (Å²) in [5.41, 5.74) is 0. The number of imidazole rings is 1. The first-order chi connectivity index (χ1) is 8.74. The summed E-state index contributed by atoms with van der Waals surface area (Å²) in [5.74, 6) is 1.15. The van der Waals surface area contributed by atoms with E-state index in [-0.39, 0.29) is 5.91 Å². The van der Waals surface area contributed by atoms with Crippen molar-refractivity contribution in [2.24, 2.45) is 0 Å². The number of halogens is 1. The van der Waals surface area contributed by atoms with Gasteiger partial charge in [-0.3, -0.25) is 10.1 Å². The number of anilines is 1. The zero-order valence-corrected chi connectivity index (χ0v) is 11.1. The van der Waals surface area contributed by atoms with Crippen LogP contribution in [0.3, 0.4) is 0 Å². The van der Waals surface area contributed by atoms with Gasteiger partial charge in [0.2, 0.25) is 11.9 Å². The van der Waals surface area contributed by atoms with Crippen molar-refractivity contribution >= 4 is 35.2 Å². The molecule has 6 heteroatoms. The lowest BCUT2D eigenvalue weighted by atomic mass is 10.4. The third-order valence-corrected chi connectivity index (χ3v) is 3.43. The highest BCUT2D eigenvalue weighted by Crippen LogP contribution is 2.20. The third-order valence-electron chi connectivity index (χ3n) is 2.17. The van der Waals surface area contributed by atoms with Gasteiger partial charge in [-0.1, -0.05) is 11.6 Å². The lowest BCUT2D eigenvalue weighted by Gasteiger charge is -2.02. The van der Waals surface area contributed by atoms with E-state index in [1.807, 2.05) is 24.3 Å². The van der Waals surface area contributed by atoms with Gasteiger partial charge < -0.3 is 4.98 Å². The van der Waals surface area contributed by atoms with Crippen molar-refractivity contribution < 1.29 is 4.79 Å². The number of hydrogen-bond donors (Lipinski definition) is 2. The Bertz CT molecular complexity index is 499. The molecule has 94 valence electrons. The summed E-state index contributed by atoms with van der Waals surface area (Å²) in [6.45, 7) is 0. The SMILES string of the molecule is O=C(CCSc1ccc(Cl)cc1)Nc1ncc[nH]1. The van der Waals surface area contributed by atoms with Crippen LogP contribution in [-0.2, 0) is 4.79 Å². The molecule has 0 saturated carbocycles. The fraction of sp³-hybridized carbons (Fsp3) is 0.167. The molecule has 1 amide bonds. The average molecular weight is 282 g/mol. The summed E-state index contributed by atoms with van der Waals surface area (Å²) in [5, 5.41) is 3.39. The van der Waals surface area contributed by atoms with E-state index in [0.717, 1.165) is 9.92 Å². The molecule has 18 heavy (non-hydrogen) atoms. The molecule has 2 rings (SSSR count). The summed E-state index contributed by atoms with van der Waals surface area (Å²) >= 11 is 7.41. The van der Waals surface area contributed by atoms with E-state index in [2.05, 4.69) is 15.3 Å². The Morgan fingerprint density at radius 1 is 1.39 bits per heavy atom. The molecule has 0 aliphatic heterocycles. The first kappa shape index (κ1) is 13.0. The molecule has 1 aromatic carbocycles. The van der Waals surface area contributed by atoms with Gasteiger partial charge in [-0.05, 0) is 24.3 Å². The minimum absolute atomic E-state index is 0.0496. The van der Waals surface area contributed by atoms with Gasteiger partial charge in [-0.25, -0.2) is 4.98 Å². The number of amides is 1. The number of aromatic amines is 1. The summed E-state index contributed by atoms with van der Waals surface area (Å²) in [6, 6.07) is 7.56. The summed E-state index contributed by atoms with van der Waals surface area (Å²) in [4.78, 5) is 19.4. The largest absolute Gasteiger partial charge is 0.331 e. The van der Waals surface area contributed by atoms with Crippen molar-refractivity contribution in [3.63, 3.8) is 0 Å². The Balaban J connectivity index is 1.72. The fourth-order valence-electron chi connectivity index (χ4n) is 1.32. The van der Waals surface area contributed by atoms with E-state index in [1.165, 1.54) is 0 Å². The Morgan fingerprint density at radius 3 is 2.83 bits per heavy atom. The minimum atomic E-state index is -0.0496. The highest BCUT2D eigenvalue weighted by molar-refractivity contribution is 7.99. The van der Waals surface area contributed by atoms with Gasteiger partial charge in [0.05, 0.1) is 0 Å². The molecule has 0 spiro atoms. The maximum atomic E-state index is 11.5. The van der Waals surface area contributed by atoms with E-state index >= 15 is 0 Å². The van der Waals surface area contributed by atoms with Gasteiger partial charge in [0.1, 0.15) is 0 Å². The molecule has 0 unspecified atom stereocenters. The Morgan fingerprint density at radius 2 is 2.17 bits per heavy atom. The van der Waals surface area contributed by atoms with Crippen LogP contribution in [0.2, 0.25) is 5.02 Å². The van der Waals surface area contributed by atoms with E-state index in [4.69, 9.17) is 11.6 Å². The number of carbonyl (C=O) groups is 1. The Labute approximate surface area is 114 Å². The molecule has 0 saturated heterocycles. The van der Waals surface area contributed by atoms with Gasteiger partial charge in [-0.15, -0.1) is 11.8 Å². The number of rotatable bonds is 5. The predicted molar refractivity (Wildman–Crippen MR) is 74.0 cm³/mol. The molecule has 0 radical (unpaired) electrons. The molecular formula is C12H12ClN3OS. The quantitative estimate of drug-likeness (QED) is 0.828. The second-order valence-electron chi connectivity index (χ2n) is 3.54. The van der Waals surface area contributed by atoms with Crippen LogP contribution < -0.4 is 5.32 Å². The molecule has 0 aliphatic carbocycles. The lowest BCUT2D eigenvalue weighted by molar-refractivity contribution is -0.115. The van der Waals surface area contributed by atoms with Gasteiger partial charge in [0.15, 0.2) is 0 Å². The smallest absolute Gasteiger partial charge is 0.227 e. The summed E-state index contributed by atoms with van der Waals surface area (Å²) in [7, 11) is 0. The molecule has 2 N–H and O–H groups in total. The molecule has 0 aliphatic rings. The first-order valence-electron chi connectivity index (χ1n) is 5.41. The molecule has 0 atom stereocenters. The molecular weight excluding hydrogens is 270 g/mol. The average Bonchev–Trinajstić information content (AvgIpc) is 2.84. The molecule has 1 aromatic heterocycles. The first-order valence-corrected chi connectivity index (χ1v) is 6.78. The number of H-pyrrole nitrogens is 1. The number of carbonyl (C=O) groups excluding carboxylic acids is 1. The molecule has 0 fully saturated rings. The maximum Gasteiger partial charge on any atom is 0.227 e. The molecule has 2 aromatic rings. The second kappa shape index (κ2) is 6.47. The van der Waals surface area contributed by atoms with Crippen LogP contribution in [-0.4, -0.2) is 21.6 Å². The van der Waals surface area contributed by atoms with Gasteiger partial charge in [-0.2, -0.15) is 0 Å². The van der Waals surface area contributed by atoms with E-state index in [9.17, 15) is 4.79 Å². The van der Waals surface area contributed by atoms with Crippen molar-refractivity contribution in [1.82, 2.24) is 9.97 Å². The van der Waals surface area contributed by atoms with Crippen molar-refractivity contribution in [2.75, 3.05) is 11.1 Å². The van der Waals surface area contributed by atoms with E-state index < -0.39 is 0 Å². The minimum Gasteiger partial charge on any atom is -0.331 e. The van der Waals surface area contributed by atoms with Crippen molar-refractivity contribution in [2.45, 2.75) is 11.3 Å². The highest BCUT2D eigenvalue weighted by atomic mass is 35.5. The molecule has 0 bridgehead atoms. The monoisotopic (exact) mass is 281 g/mol. The van der Waals surface area contributed by atoms with Crippen molar-refractivity contribution in [1.29, 1.82) is 0 Å². The number of nitrogens with zero attached hydrogens (tertiary/aromatic N) is 1. The van der Waals surface area contributed by atoms with Gasteiger partial charge in [0, 0.05) is 34.5 Å². The number of hydrogen-bond acceptors (Lipinski definition) is 3. The predicted octanol–water partition coefficient (Wildman–Crippen LogP) is 3.18. The zero-order chi connectivity index (χ0) is 12.8. The van der Waals surface area contributed by atoms with Crippen LogP contribution in [0.5, 0.6) is 0 Å². The highest BCUT2D eigenvalue weighted by Gasteiger charge is 2.04. The summed E-state index contributed by atoms with van der Waals surface area (Å²) < 4.78 is 0.